The summed E-state index contributed by atoms with van der Waals surface area (Å²) in [5, 5.41) is 0. The molecule has 2 aromatic rings. The molecule has 2 N–H and O–H groups in total. The molecule has 2 heterocycles. The summed E-state index contributed by atoms with van der Waals surface area (Å²) >= 11 is 0. The minimum absolute atomic E-state index is 0.334. The van der Waals surface area contributed by atoms with Gasteiger partial charge >= 0.3 is 0 Å². The number of aromatic nitrogens is 2. The summed E-state index contributed by atoms with van der Waals surface area (Å²) in [7, 11) is 1.56. The van der Waals surface area contributed by atoms with Gasteiger partial charge in [-0.2, -0.15) is 0 Å². The molecule has 0 amide bonds. The third kappa shape index (κ3) is 1.97. The highest BCUT2D eigenvalue weighted by molar-refractivity contribution is 5.77. The zero-order chi connectivity index (χ0) is 13.2. The van der Waals surface area contributed by atoms with Gasteiger partial charge in [-0.25, -0.2) is 9.97 Å². The number of para-hydroxylation sites is 1. The molecule has 0 radical (unpaired) electrons. The lowest BCUT2D eigenvalue weighted by Gasteiger charge is -2.20. The van der Waals surface area contributed by atoms with Gasteiger partial charge in [0.25, 0.3) is 0 Å². The van der Waals surface area contributed by atoms with Gasteiger partial charge in [-0.1, -0.05) is 12.1 Å². The Bertz CT molecular complexity index is 614. The average molecular weight is 257 g/mol. The van der Waals surface area contributed by atoms with Crippen LogP contribution < -0.4 is 15.2 Å². The highest BCUT2D eigenvalue weighted by atomic mass is 16.5. The van der Waals surface area contributed by atoms with Crippen LogP contribution in [0.4, 0.5) is 5.82 Å². The van der Waals surface area contributed by atoms with Crippen LogP contribution in [-0.4, -0.2) is 23.7 Å². The molecule has 5 heteroatoms. The van der Waals surface area contributed by atoms with Crippen molar-refractivity contribution in [1.29, 1.82) is 0 Å². The van der Waals surface area contributed by atoms with E-state index in [-0.39, 0.29) is 0 Å². The summed E-state index contributed by atoms with van der Waals surface area (Å²) in [6.07, 6.45) is 3.50. The first-order valence-corrected chi connectivity index (χ1v) is 6.21. The molecule has 0 unspecified atom stereocenters. The predicted octanol–water partition coefficient (Wildman–Crippen LogP) is 2.06. The van der Waals surface area contributed by atoms with Crippen LogP contribution in [0, 0.1) is 0 Å². The Balaban J connectivity index is 2.20. The number of methoxy groups -OCH3 is 1. The second-order valence-electron chi connectivity index (χ2n) is 4.39. The topological polar surface area (TPSA) is 70.3 Å². The summed E-state index contributed by atoms with van der Waals surface area (Å²) in [5.41, 5.74) is 8.61. The van der Waals surface area contributed by atoms with Crippen molar-refractivity contribution in [2.45, 2.75) is 12.8 Å². The smallest absolute Gasteiger partial charge is 0.187 e. The Hall–Kier alpha value is -2.30. The number of nitrogens with two attached hydrogens (primary N) is 1. The van der Waals surface area contributed by atoms with E-state index < -0.39 is 0 Å². The third-order valence-corrected chi connectivity index (χ3v) is 3.22. The molecule has 98 valence electrons. The minimum Gasteiger partial charge on any atom is -0.493 e. The molecule has 3 rings (SSSR count). The maximum absolute atomic E-state index is 5.83. The summed E-state index contributed by atoms with van der Waals surface area (Å²) in [6.45, 7) is 0.729. The number of aryl methyl sites for hydroxylation is 1. The van der Waals surface area contributed by atoms with E-state index in [0.29, 0.717) is 17.3 Å². The van der Waals surface area contributed by atoms with Gasteiger partial charge in [0.2, 0.25) is 0 Å². The largest absolute Gasteiger partial charge is 0.493 e. The number of nitrogen functional groups attached to an aromatic ring is 1. The van der Waals surface area contributed by atoms with Crippen LogP contribution in [0.25, 0.3) is 11.3 Å². The molecular formula is C14H15N3O2. The molecule has 1 aromatic heterocycles. The number of nitrogens with zero attached hydrogens (tertiary/aromatic N) is 2. The quantitative estimate of drug-likeness (QED) is 0.891. The Labute approximate surface area is 111 Å². The summed E-state index contributed by atoms with van der Waals surface area (Å²) in [5.74, 6) is 1.70. The van der Waals surface area contributed by atoms with Crippen LogP contribution in [0.1, 0.15) is 12.0 Å². The van der Waals surface area contributed by atoms with E-state index in [1.807, 2.05) is 12.1 Å². The van der Waals surface area contributed by atoms with Gasteiger partial charge in [0.1, 0.15) is 17.8 Å². The van der Waals surface area contributed by atoms with Crippen LogP contribution in [0.5, 0.6) is 11.5 Å². The lowest BCUT2D eigenvalue weighted by Crippen LogP contribution is -2.10. The average Bonchev–Trinajstić information content (AvgIpc) is 2.46. The molecule has 5 nitrogen and oxygen atoms in total. The third-order valence-electron chi connectivity index (χ3n) is 3.22. The number of hydrogen-bond acceptors (Lipinski definition) is 5. The van der Waals surface area contributed by atoms with E-state index in [4.69, 9.17) is 15.2 Å². The van der Waals surface area contributed by atoms with Crippen molar-refractivity contribution in [3.05, 3.63) is 30.1 Å². The minimum atomic E-state index is 0.334. The Morgan fingerprint density at radius 3 is 3.05 bits per heavy atom. The molecule has 0 bridgehead atoms. The number of rotatable bonds is 2. The number of benzene rings is 1. The zero-order valence-corrected chi connectivity index (χ0v) is 10.7. The van der Waals surface area contributed by atoms with Crippen LogP contribution in [-0.2, 0) is 6.42 Å². The fourth-order valence-corrected chi connectivity index (χ4v) is 2.36. The van der Waals surface area contributed by atoms with Crippen LogP contribution in [0.3, 0.4) is 0 Å². The van der Waals surface area contributed by atoms with E-state index >= 15 is 0 Å². The molecule has 0 spiro atoms. The van der Waals surface area contributed by atoms with Crippen molar-refractivity contribution >= 4 is 5.82 Å². The van der Waals surface area contributed by atoms with Gasteiger partial charge in [0.15, 0.2) is 11.6 Å². The molecule has 0 aliphatic carbocycles. The van der Waals surface area contributed by atoms with Crippen molar-refractivity contribution in [2.75, 3.05) is 19.5 Å². The first-order valence-electron chi connectivity index (χ1n) is 6.21. The monoisotopic (exact) mass is 257 g/mol. The number of fused-ring (bicyclic) bond motifs is 1. The standard InChI is InChI=1S/C14H15N3O2/c1-18-13-11(16-8-17-14(13)15)10-6-2-4-9-5-3-7-19-12(9)10/h2,4,6,8H,3,5,7H2,1H3,(H2,15,16,17). The zero-order valence-electron chi connectivity index (χ0n) is 10.7. The maximum Gasteiger partial charge on any atom is 0.187 e. The molecule has 19 heavy (non-hydrogen) atoms. The van der Waals surface area contributed by atoms with Crippen molar-refractivity contribution in [1.82, 2.24) is 9.97 Å². The highest BCUT2D eigenvalue weighted by Crippen LogP contribution is 2.40. The van der Waals surface area contributed by atoms with Gasteiger partial charge in [-0.05, 0) is 24.5 Å². The van der Waals surface area contributed by atoms with Crippen LogP contribution >= 0.6 is 0 Å². The van der Waals surface area contributed by atoms with E-state index in [1.165, 1.54) is 11.9 Å². The summed E-state index contributed by atoms with van der Waals surface area (Å²) < 4.78 is 11.1. The second-order valence-corrected chi connectivity index (χ2v) is 4.39. The molecule has 1 aromatic carbocycles. The normalized spacial score (nSPS) is 13.5. The fraction of sp³-hybridized carbons (Fsp3) is 0.286. The molecule has 1 aliphatic heterocycles. The SMILES string of the molecule is COc1c(N)ncnc1-c1cccc2c1OCCC2. The Kier molecular flexibility index (Phi) is 2.95. The summed E-state index contributed by atoms with van der Waals surface area (Å²) in [4.78, 5) is 8.24. The molecule has 0 saturated carbocycles. The fourth-order valence-electron chi connectivity index (χ4n) is 2.36. The van der Waals surface area contributed by atoms with Gasteiger partial charge in [-0.3, -0.25) is 0 Å². The van der Waals surface area contributed by atoms with Crippen LogP contribution in [0.2, 0.25) is 0 Å². The Morgan fingerprint density at radius 1 is 1.32 bits per heavy atom. The second kappa shape index (κ2) is 4.76. The molecule has 0 saturated heterocycles. The molecule has 1 aliphatic rings. The highest BCUT2D eigenvalue weighted by Gasteiger charge is 2.20. The first-order chi connectivity index (χ1) is 9.31. The number of hydrogen-bond donors (Lipinski definition) is 1. The van der Waals surface area contributed by atoms with Crippen LogP contribution in [0.15, 0.2) is 24.5 Å². The van der Waals surface area contributed by atoms with Gasteiger partial charge in [-0.15, -0.1) is 0 Å². The molecule has 0 atom stereocenters. The lowest BCUT2D eigenvalue weighted by molar-refractivity contribution is 0.289. The van der Waals surface area contributed by atoms with Crippen molar-refractivity contribution in [2.24, 2.45) is 0 Å². The van der Waals surface area contributed by atoms with Crippen molar-refractivity contribution in [3.63, 3.8) is 0 Å². The van der Waals surface area contributed by atoms with E-state index in [9.17, 15) is 0 Å². The van der Waals surface area contributed by atoms with Gasteiger partial charge < -0.3 is 15.2 Å². The number of anilines is 1. The van der Waals surface area contributed by atoms with Crippen molar-refractivity contribution < 1.29 is 9.47 Å². The Morgan fingerprint density at radius 2 is 2.21 bits per heavy atom. The van der Waals surface area contributed by atoms with Crippen molar-refractivity contribution in [3.8, 4) is 22.8 Å². The first kappa shape index (κ1) is 11.8. The molecular weight excluding hydrogens is 242 g/mol. The van der Waals surface area contributed by atoms with Gasteiger partial charge in [0, 0.05) is 5.56 Å². The van der Waals surface area contributed by atoms with Gasteiger partial charge in [0.05, 0.1) is 13.7 Å². The van der Waals surface area contributed by atoms with E-state index in [2.05, 4.69) is 16.0 Å². The predicted molar refractivity (Wildman–Crippen MR) is 72.2 cm³/mol. The maximum atomic E-state index is 5.83. The van der Waals surface area contributed by atoms with E-state index in [0.717, 1.165) is 30.8 Å². The molecule has 0 fully saturated rings. The number of ether oxygens (including phenoxy) is 2. The lowest BCUT2D eigenvalue weighted by atomic mass is 10.00. The van der Waals surface area contributed by atoms with E-state index in [1.54, 1.807) is 7.11 Å². The summed E-state index contributed by atoms with van der Waals surface area (Å²) in [6, 6.07) is 6.05.